The minimum Gasteiger partial charge on any atom is -0.389 e. The maximum absolute atomic E-state index is 5.77. The summed E-state index contributed by atoms with van der Waals surface area (Å²) >= 11 is 4.91. The SMILES string of the molecule is NC(=S)c1cc2c(nc1N)CCCC2. The molecular formula is C10H13N3S. The fourth-order valence-electron chi connectivity index (χ4n) is 1.85. The molecule has 1 aromatic heterocycles. The Balaban J connectivity index is 2.50. The van der Waals surface area contributed by atoms with Crippen LogP contribution in [-0.2, 0) is 12.8 Å². The predicted molar refractivity (Wildman–Crippen MR) is 61.2 cm³/mol. The van der Waals surface area contributed by atoms with E-state index in [0.29, 0.717) is 10.8 Å². The number of hydrogen-bond acceptors (Lipinski definition) is 3. The van der Waals surface area contributed by atoms with Gasteiger partial charge in [0.1, 0.15) is 10.8 Å². The Labute approximate surface area is 88.5 Å². The van der Waals surface area contributed by atoms with Gasteiger partial charge in [-0.05, 0) is 37.3 Å². The minimum atomic E-state index is 0.336. The topological polar surface area (TPSA) is 64.9 Å². The van der Waals surface area contributed by atoms with Gasteiger partial charge >= 0.3 is 0 Å². The van der Waals surface area contributed by atoms with E-state index in [1.54, 1.807) is 0 Å². The highest BCUT2D eigenvalue weighted by molar-refractivity contribution is 7.80. The van der Waals surface area contributed by atoms with Gasteiger partial charge in [0.2, 0.25) is 0 Å². The van der Waals surface area contributed by atoms with Gasteiger partial charge in [0.05, 0.1) is 5.56 Å². The number of fused-ring (bicyclic) bond motifs is 1. The second-order valence-electron chi connectivity index (χ2n) is 3.60. The summed E-state index contributed by atoms with van der Waals surface area (Å²) in [6, 6.07) is 2.00. The van der Waals surface area contributed by atoms with Crippen LogP contribution in [-0.4, -0.2) is 9.97 Å². The van der Waals surface area contributed by atoms with Gasteiger partial charge in [-0.2, -0.15) is 0 Å². The van der Waals surface area contributed by atoms with Crippen LogP contribution in [0, 0.1) is 0 Å². The number of rotatable bonds is 1. The van der Waals surface area contributed by atoms with Crippen LogP contribution in [0.2, 0.25) is 0 Å². The summed E-state index contributed by atoms with van der Waals surface area (Å²) in [4.78, 5) is 4.68. The lowest BCUT2D eigenvalue weighted by Crippen LogP contribution is -2.16. The number of anilines is 1. The van der Waals surface area contributed by atoms with Crippen molar-refractivity contribution < 1.29 is 0 Å². The molecule has 0 spiro atoms. The van der Waals surface area contributed by atoms with Crippen LogP contribution < -0.4 is 11.5 Å². The number of pyridine rings is 1. The second kappa shape index (κ2) is 3.53. The van der Waals surface area contributed by atoms with Gasteiger partial charge in [0.15, 0.2) is 0 Å². The normalized spacial score (nSPS) is 14.9. The van der Waals surface area contributed by atoms with E-state index in [2.05, 4.69) is 4.98 Å². The third-order valence-corrected chi connectivity index (χ3v) is 2.82. The van der Waals surface area contributed by atoms with Crippen LogP contribution in [0.15, 0.2) is 6.07 Å². The highest BCUT2D eigenvalue weighted by atomic mass is 32.1. The van der Waals surface area contributed by atoms with Crippen LogP contribution >= 0.6 is 12.2 Å². The highest BCUT2D eigenvalue weighted by Gasteiger charge is 2.14. The lowest BCUT2D eigenvalue weighted by molar-refractivity contribution is 0.668. The molecule has 3 nitrogen and oxygen atoms in total. The first-order chi connectivity index (χ1) is 6.68. The molecule has 4 N–H and O–H groups in total. The van der Waals surface area contributed by atoms with Gasteiger partial charge in [-0.15, -0.1) is 0 Å². The lowest BCUT2D eigenvalue weighted by Gasteiger charge is -2.16. The summed E-state index contributed by atoms with van der Waals surface area (Å²) in [5, 5.41) is 0. The summed E-state index contributed by atoms with van der Waals surface area (Å²) in [5.41, 5.74) is 14.4. The molecule has 1 aliphatic rings. The van der Waals surface area contributed by atoms with E-state index >= 15 is 0 Å². The molecule has 0 unspecified atom stereocenters. The fourth-order valence-corrected chi connectivity index (χ4v) is 2.01. The first-order valence-electron chi connectivity index (χ1n) is 4.76. The van der Waals surface area contributed by atoms with Crippen molar-refractivity contribution in [3.63, 3.8) is 0 Å². The predicted octanol–water partition coefficient (Wildman–Crippen LogP) is 1.18. The molecule has 0 aliphatic heterocycles. The molecule has 0 saturated carbocycles. The van der Waals surface area contributed by atoms with Crippen LogP contribution in [0.25, 0.3) is 0 Å². The molecule has 4 heteroatoms. The van der Waals surface area contributed by atoms with E-state index in [1.807, 2.05) is 6.07 Å². The van der Waals surface area contributed by atoms with E-state index < -0.39 is 0 Å². The van der Waals surface area contributed by atoms with Gasteiger partial charge in [-0.3, -0.25) is 0 Å². The molecule has 1 aromatic rings. The quantitative estimate of drug-likeness (QED) is 0.679. The van der Waals surface area contributed by atoms with Crippen molar-refractivity contribution >= 4 is 23.0 Å². The Morgan fingerprint density at radius 1 is 1.36 bits per heavy atom. The number of nitrogens with zero attached hydrogens (tertiary/aromatic N) is 1. The molecule has 0 amide bonds. The Bertz CT molecular complexity index is 387. The zero-order chi connectivity index (χ0) is 10.1. The highest BCUT2D eigenvalue weighted by Crippen LogP contribution is 2.23. The molecule has 0 bridgehead atoms. The van der Waals surface area contributed by atoms with Crippen LogP contribution in [0.3, 0.4) is 0 Å². The van der Waals surface area contributed by atoms with E-state index in [1.165, 1.54) is 18.4 Å². The van der Waals surface area contributed by atoms with E-state index in [-0.39, 0.29) is 0 Å². The van der Waals surface area contributed by atoms with Crippen molar-refractivity contribution in [1.29, 1.82) is 0 Å². The minimum absolute atomic E-state index is 0.336. The number of aromatic nitrogens is 1. The van der Waals surface area contributed by atoms with Crippen LogP contribution in [0.5, 0.6) is 0 Å². The smallest absolute Gasteiger partial charge is 0.133 e. The maximum atomic E-state index is 5.77. The molecule has 2 rings (SSSR count). The standard InChI is InChI=1S/C10H13N3S/c11-9-7(10(12)14)5-6-3-1-2-4-8(6)13-9/h5H,1-4H2,(H2,11,13)(H2,12,14). The second-order valence-corrected chi connectivity index (χ2v) is 4.04. The van der Waals surface area contributed by atoms with E-state index in [4.69, 9.17) is 23.7 Å². The number of aryl methyl sites for hydroxylation is 2. The van der Waals surface area contributed by atoms with Gasteiger partial charge in [0.25, 0.3) is 0 Å². The van der Waals surface area contributed by atoms with E-state index in [0.717, 1.165) is 24.1 Å². The first-order valence-corrected chi connectivity index (χ1v) is 5.17. The Morgan fingerprint density at radius 3 is 2.79 bits per heavy atom. The number of thiocarbonyl (C=S) groups is 1. The van der Waals surface area contributed by atoms with Gasteiger partial charge in [-0.25, -0.2) is 4.98 Å². The molecule has 1 heterocycles. The molecule has 0 saturated heterocycles. The third kappa shape index (κ3) is 1.57. The van der Waals surface area contributed by atoms with E-state index in [9.17, 15) is 0 Å². The van der Waals surface area contributed by atoms with Crippen LogP contribution in [0.1, 0.15) is 29.7 Å². The summed E-state index contributed by atoms with van der Waals surface area (Å²) in [6.45, 7) is 0. The molecule has 14 heavy (non-hydrogen) atoms. The molecule has 0 aromatic carbocycles. The molecule has 0 fully saturated rings. The Hall–Kier alpha value is -1.16. The van der Waals surface area contributed by atoms with Crippen molar-refractivity contribution in [3.05, 3.63) is 22.9 Å². The summed E-state index contributed by atoms with van der Waals surface area (Å²) in [7, 11) is 0. The molecule has 0 radical (unpaired) electrons. The molecule has 74 valence electrons. The molecule has 0 atom stereocenters. The van der Waals surface area contributed by atoms with Gasteiger partial charge in [0, 0.05) is 5.69 Å². The third-order valence-electron chi connectivity index (χ3n) is 2.60. The van der Waals surface area contributed by atoms with Crippen molar-refractivity contribution in [1.82, 2.24) is 4.98 Å². The van der Waals surface area contributed by atoms with Gasteiger partial charge < -0.3 is 11.5 Å². The largest absolute Gasteiger partial charge is 0.389 e. The van der Waals surface area contributed by atoms with Crippen molar-refractivity contribution in [2.45, 2.75) is 25.7 Å². The fraction of sp³-hybridized carbons (Fsp3) is 0.400. The van der Waals surface area contributed by atoms with Crippen molar-refractivity contribution in [2.75, 3.05) is 5.73 Å². The summed E-state index contributed by atoms with van der Waals surface area (Å²) in [6.07, 6.45) is 4.51. The monoisotopic (exact) mass is 207 g/mol. The lowest BCUT2D eigenvalue weighted by atomic mass is 9.95. The first kappa shape index (κ1) is 9.40. The maximum Gasteiger partial charge on any atom is 0.133 e. The Kier molecular flexibility index (Phi) is 2.37. The van der Waals surface area contributed by atoms with Gasteiger partial charge in [-0.1, -0.05) is 12.2 Å². The summed E-state index contributed by atoms with van der Waals surface area (Å²) < 4.78 is 0. The zero-order valence-electron chi connectivity index (χ0n) is 7.92. The number of nitrogen functional groups attached to an aromatic ring is 1. The molecular weight excluding hydrogens is 194 g/mol. The average molecular weight is 207 g/mol. The summed E-state index contributed by atoms with van der Waals surface area (Å²) in [5.74, 6) is 0.471. The Morgan fingerprint density at radius 2 is 2.07 bits per heavy atom. The zero-order valence-corrected chi connectivity index (χ0v) is 8.73. The van der Waals surface area contributed by atoms with Crippen molar-refractivity contribution in [3.8, 4) is 0 Å². The molecule has 1 aliphatic carbocycles. The van der Waals surface area contributed by atoms with Crippen LogP contribution in [0.4, 0.5) is 5.82 Å². The van der Waals surface area contributed by atoms with Crippen molar-refractivity contribution in [2.24, 2.45) is 5.73 Å². The number of nitrogens with two attached hydrogens (primary N) is 2. The number of hydrogen-bond donors (Lipinski definition) is 2. The average Bonchev–Trinajstić information content (AvgIpc) is 2.16.